The maximum atomic E-state index is 9.78. The molecule has 2 saturated heterocycles. The van der Waals surface area contributed by atoms with Crippen molar-refractivity contribution in [1.82, 2.24) is 19.9 Å². The van der Waals surface area contributed by atoms with Crippen molar-refractivity contribution in [1.29, 1.82) is 0 Å². The predicted molar refractivity (Wildman–Crippen MR) is 141 cm³/mol. The summed E-state index contributed by atoms with van der Waals surface area (Å²) in [6.07, 6.45) is 6.09. The van der Waals surface area contributed by atoms with Crippen LogP contribution in [0.5, 0.6) is 0 Å². The van der Waals surface area contributed by atoms with Crippen LogP contribution < -0.4 is 9.80 Å². The third-order valence-corrected chi connectivity index (χ3v) is 7.44. The van der Waals surface area contributed by atoms with E-state index in [1.54, 1.807) is 6.33 Å². The van der Waals surface area contributed by atoms with Gasteiger partial charge in [0.05, 0.1) is 18.0 Å². The molecule has 2 aliphatic rings. The van der Waals surface area contributed by atoms with E-state index in [9.17, 15) is 5.11 Å². The molecule has 35 heavy (non-hydrogen) atoms. The summed E-state index contributed by atoms with van der Waals surface area (Å²) in [6.45, 7) is 5.63. The summed E-state index contributed by atoms with van der Waals surface area (Å²) < 4.78 is 0. The van der Waals surface area contributed by atoms with Gasteiger partial charge < -0.3 is 19.9 Å². The number of para-hydroxylation sites is 1. The van der Waals surface area contributed by atoms with E-state index in [1.807, 2.05) is 6.20 Å². The Morgan fingerprint density at radius 2 is 1.80 bits per heavy atom. The number of aliphatic hydroxyl groups is 1. The Bertz CT molecular complexity index is 1300. The van der Waals surface area contributed by atoms with Crippen LogP contribution in [0.1, 0.15) is 24.4 Å². The number of aliphatic hydroxyl groups excluding tert-OH is 1. The summed E-state index contributed by atoms with van der Waals surface area (Å²) in [5.41, 5.74) is 6.01. The summed E-state index contributed by atoms with van der Waals surface area (Å²) in [5, 5.41) is 10.8. The molecule has 7 nitrogen and oxygen atoms in total. The molecule has 0 radical (unpaired) electrons. The lowest BCUT2D eigenvalue weighted by molar-refractivity contribution is 0.137. The highest BCUT2D eigenvalue weighted by atomic mass is 16.3. The number of aromatic amines is 1. The van der Waals surface area contributed by atoms with E-state index in [0.29, 0.717) is 6.54 Å². The largest absolute Gasteiger partial charge is 0.395 e. The van der Waals surface area contributed by atoms with Crippen LogP contribution in [0.15, 0.2) is 67.1 Å². The molecule has 4 aromatic rings. The second-order valence-corrected chi connectivity index (χ2v) is 9.50. The zero-order valence-electron chi connectivity index (χ0n) is 20.0. The predicted octanol–water partition coefficient (Wildman–Crippen LogP) is 4.08. The number of H-pyrrole nitrogens is 1. The van der Waals surface area contributed by atoms with Gasteiger partial charge in [-0.2, -0.15) is 0 Å². The van der Waals surface area contributed by atoms with Gasteiger partial charge in [-0.25, -0.2) is 9.97 Å². The average molecular weight is 469 g/mol. The highest BCUT2D eigenvalue weighted by molar-refractivity contribution is 5.87. The molecule has 0 aliphatic carbocycles. The van der Waals surface area contributed by atoms with Crippen LogP contribution in [0.4, 0.5) is 11.5 Å². The summed E-state index contributed by atoms with van der Waals surface area (Å²) in [4.78, 5) is 19.5. The molecule has 1 atom stereocenters. The number of β-amino-alcohol motifs (C(OH)–C–C–N with tert-alkyl or cyclic N) is 1. The first kappa shape index (κ1) is 22.1. The van der Waals surface area contributed by atoms with Gasteiger partial charge in [0.2, 0.25) is 0 Å². The van der Waals surface area contributed by atoms with E-state index in [2.05, 4.69) is 84.2 Å². The van der Waals surface area contributed by atoms with E-state index in [4.69, 9.17) is 0 Å². The summed E-state index contributed by atoms with van der Waals surface area (Å²) >= 11 is 0. The maximum Gasteiger partial charge on any atom is 0.142 e. The Hall–Kier alpha value is -3.42. The molecule has 6 rings (SSSR count). The van der Waals surface area contributed by atoms with Crippen LogP contribution in [0, 0.1) is 0 Å². The smallest absolute Gasteiger partial charge is 0.142 e. The second-order valence-electron chi connectivity index (χ2n) is 9.50. The number of rotatable bonds is 6. The van der Waals surface area contributed by atoms with Gasteiger partial charge in [-0.3, -0.25) is 4.90 Å². The standard InChI is InChI=1S/C28H32N6O/c35-17-16-33-14-15-34(28-24-10-11-29-27(24)30-20-31-28)19-26(33)22-7-5-6-21(18-22)23-8-1-2-9-25(23)32-12-3-4-13-32/h1-2,5-11,18,20,26,35H,3-4,12-17,19H2,(H,29,30,31). The highest BCUT2D eigenvalue weighted by Crippen LogP contribution is 2.36. The third kappa shape index (κ3) is 4.26. The first-order chi connectivity index (χ1) is 17.3. The molecule has 0 amide bonds. The van der Waals surface area contributed by atoms with Crippen molar-refractivity contribution in [2.24, 2.45) is 0 Å². The van der Waals surface area contributed by atoms with Crippen molar-refractivity contribution in [3.05, 3.63) is 72.7 Å². The summed E-state index contributed by atoms with van der Waals surface area (Å²) in [5.74, 6) is 0.973. The molecule has 180 valence electrons. The van der Waals surface area contributed by atoms with Gasteiger partial charge in [-0.15, -0.1) is 0 Å². The van der Waals surface area contributed by atoms with Crippen molar-refractivity contribution in [3.8, 4) is 11.1 Å². The number of nitrogens with one attached hydrogen (secondary N) is 1. The van der Waals surface area contributed by atoms with Crippen LogP contribution in [0.3, 0.4) is 0 Å². The number of fused-ring (bicyclic) bond motifs is 1. The van der Waals surface area contributed by atoms with Gasteiger partial charge in [-0.1, -0.05) is 36.4 Å². The third-order valence-electron chi connectivity index (χ3n) is 7.44. The molecule has 1 unspecified atom stereocenters. The lowest BCUT2D eigenvalue weighted by atomic mass is 9.96. The zero-order valence-corrected chi connectivity index (χ0v) is 20.0. The van der Waals surface area contributed by atoms with Gasteiger partial charge in [0.15, 0.2) is 0 Å². The number of hydrogen-bond donors (Lipinski definition) is 2. The molecule has 2 aromatic carbocycles. The summed E-state index contributed by atoms with van der Waals surface area (Å²) in [7, 11) is 0. The van der Waals surface area contributed by atoms with E-state index < -0.39 is 0 Å². The number of hydrogen-bond acceptors (Lipinski definition) is 6. The molecule has 2 aromatic heterocycles. The maximum absolute atomic E-state index is 9.78. The molecule has 0 bridgehead atoms. The van der Waals surface area contributed by atoms with Gasteiger partial charge >= 0.3 is 0 Å². The molecule has 7 heteroatoms. The van der Waals surface area contributed by atoms with Crippen molar-refractivity contribution >= 4 is 22.5 Å². The zero-order chi connectivity index (χ0) is 23.6. The Morgan fingerprint density at radius 1 is 0.914 bits per heavy atom. The van der Waals surface area contributed by atoms with Crippen LogP contribution in [-0.2, 0) is 0 Å². The van der Waals surface area contributed by atoms with Crippen LogP contribution in [0.25, 0.3) is 22.2 Å². The number of aromatic nitrogens is 3. The second kappa shape index (κ2) is 9.68. The minimum Gasteiger partial charge on any atom is -0.395 e. The van der Waals surface area contributed by atoms with Crippen LogP contribution in [-0.4, -0.2) is 70.8 Å². The molecular formula is C28H32N6O. The van der Waals surface area contributed by atoms with E-state index in [0.717, 1.165) is 49.6 Å². The number of piperazine rings is 1. The molecule has 2 fully saturated rings. The fourth-order valence-corrected chi connectivity index (χ4v) is 5.70. The first-order valence-electron chi connectivity index (χ1n) is 12.6. The van der Waals surface area contributed by atoms with E-state index in [-0.39, 0.29) is 12.6 Å². The number of anilines is 2. The van der Waals surface area contributed by atoms with Gasteiger partial charge in [-0.05, 0) is 42.2 Å². The monoisotopic (exact) mass is 468 g/mol. The number of benzene rings is 2. The first-order valence-corrected chi connectivity index (χ1v) is 12.6. The van der Waals surface area contributed by atoms with E-state index in [1.165, 1.54) is 35.2 Å². The average Bonchev–Trinajstić information content (AvgIpc) is 3.62. The Morgan fingerprint density at radius 3 is 2.69 bits per heavy atom. The van der Waals surface area contributed by atoms with Crippen LogP contribution >= 0.6 is 0 Å². The van der Waals surface area contributed by atoms with Crippen molar-refractivity contribution in [2.75, 3.05) is 55.7 Å². The fourth-order valence-electron chi connectivity index (χ4n) is 5.70. The Balaban J connectivity index is 1.35. The van der Waals surface area contributed by atoms with E-state index >= 15 is 0 Å². The van der Waals surface area contributed by atoms with Crippen molar-refractivity contribution in [3.63, 3.8) is 0 Å². The molecule has 2 aliphatic heterocycles. The minimum absolute atomic E-state index is 0.156. The molecule has 0 saturated carbocycles. The topological polar surface area (TPSA) is 71.5 Å². The molecule has 2 N–H and O–H groups in total. The van der Waals surface area contributed by atoms with Gasteiger partial charge in [0, 0.05) is 56.7 Å². The molecule has 0 spiro atoms. The fraction of sp³-hybridized carbons (Fsp3) is 0.357. The van der Waals surface area contributed by atoms with Crippen molar-refractivity contribution < 1.29 is 5.11 Å². The lowest BCUT2D eigenvalue weighted by Crippen LogP contribution is -2.49. The quantitative estimate of drug-likeness (QED) is 0.444. The molecular weight excluding hydrogens is 436 g/mol. The van der Waals surface area contributed by atoms with Gasteiger partial charge in [0.1, 0.15) is 17.8 Å². The summed E-state index contributed by atoms with van der Waals surface area (Å²) in [6, 6.07) is 20.0. The van der Waals surface area contributed by atoms with Crippen molar-refractivity contribution in [2.45, 2.75) is 18.9 Å². The minimum atomic E-state index is 0.156. The Kier molecular flexibility index (Phi) is 6.10. The SMILES string of the molecule is OCCN1CCN(c2ncnc3[nH]ccc23)CC1c1cccc(-c2ccccc2N2CCCC2)c1. The Labute approximate surface area is 206 Å². The van der Waals surface area contributed by atoms with Crippen LogP contribution in [0.2, 0.25) is 0 Å². The lowest BCUT2D eigenvalue weighted by Gasteiger charge is -2.42. The molecule has 4 heterocycles. The number of nitrogens with zero attached hydrogens (tertiary/aromatic N) is 5. The van der Waals surface area contributed by atoms with Gasteiger partial charge in [0.25, 0.3) is 0 Å². The highest BCUT2D eigenvalue weighted by Gasteiger charge is 2.30. The normalized spacial score (nSPS) is 19.1.